The molecule has 1 aromatic heterocycles. The minimum absolute atomic E-state index is 0.0163. The van der Waals surface area contributed by atoms with Crippen LogP contribution < -0.4 is 5.32 Å². The molecular weight excluding hydrogens is 346 g/mol. The average molecular weight is 373 g/mol. The molecule has 2 rings (SSSR count). The van der Waals surface area contributed by atoms with Gasteiger partial charge in [0.25, 0.3) is 5.91 Å². The standard InChI is InChI=1S/C20H27N3O4/c1-3-5-6-7-11-17(20(26)27-4-2)23-13-18(21-14-23)22-19(25)15-9-8-10-16(24)12-15/h8-10,12-14,17,24H,3-7,11H2,1-2H3,(H,22,25). The van der Waals surface area contributed by atoms with Gasteiger partial charge < -0.3 is 19.7 Å². The van der Waals surface area contributed by atoms with Crippen LogP contribution in [-0.4, -0.2) is 33.1 Å². The highest BCUT2D eigenvalue weighted by Crippen LogP contribution is 2.21. The first kappa shape index (κ1) is 20.5. The van der Waals surface area contributed by atoms with Crippen molar-refractivity contribution >= 4 is 17.7 Å². The molecule has 7 nitrogen and oxygen atoms in total. The van der Waals surface area contributed by atoms with E-state index in [9.17, 15) is 14.7 Å². The third-order valence-corrected chi connectivity index (χ3v) is 4.20. The van der Waals surface area contributed by atoms with Gasteiger partial charge in [0.1, 0.15) is 11.8 Å². The third-order valence-electron chi connectivity index (χ3n) is 4.20. The summed E-state index contributed by atoms with van der Waals surface area (Å²) in [4.78, 5) is 28.7. The maximum absolute atomic E-state index is 12.3. The van der Waals surface area contributed by atoms with E-state index in [1.54, 1.807) is 29.8 Å². The Bertz CT molecular complexity index is 757. The fourth-order valence-corrected chi connectivity index (χ4v) is 2.80. The summed E-state index contributed by atoms with van der Waals surface area (Å²) in [6.45, 7) is 4.24. The van der Waals surface area contributed by atoms with Crippen LogP contribution in [0.15, 0.2) is 36.8 Å². The molecule has 0 saturated heterocycles. The van der Waals surface area contributed by atoms with E-state index in [0.717, 1.165) is 25.7 Å². The van der Waals surface area contributed by atoms with E-state index in [0.29, 0.717) is 24.4 Å². The number of imidazole rings is 1. The highest BCUT2D eigenvalue weighted by Gasteiger charge is 2.22. The Kier molecular flexibility index (Phi) is 7.85. The SMILES string of the molecule is CCCCCCC(C(=O)OCC)n1cnc(NC(=O)c2cccc(O)c2)c1. The number of benzene rings is 1. The van der Waals surface area contributed by atoms with Gasteiger partial charge in [-0.3, -0.25) is 4.79 Å². The molecule has 0 spiro atoms. The Hall–Kier alpha value is -2.83. The van der Waals surface area contributed by atoms with Gasteiger partial charge >= 0.3 is 5.97 Å². The zero-order chi connectivity index (χ0) is 19.6. The minimum atomic E-state index is -0.458. The second-order valence-corrected chi connectivity index (χ2v) is 6.33. The summed E-state index contributed by atoms with van der Waals surface area (Å²) in [6.07, 6.45) is 8.05. The number of aromatic nitrogens is 2. The number of ether oxygens (including phenoxy) is 1. The largest absolute Gasteiger partial charge is 0.508 e. The Morgan fingerprint density at radius 1 is 1.26 bits per heavy atom. The van der Waals surface area contributed by atoms with Crippen LogP contribution in [-0.2, 0) is 9.53 Å². The number of anilines is 1. The Balaban J connectivity index is 2.06. The van der Waals surface area contributed by atoms with E-state index in [2.05, 4.69) is 17.2 Å². The molecule has 0 saturated carbocycles. The lowest BCUT2D eigenvalue weighted by atomic mass is 10.1. The smallest absolute Gasteiger partial charge is 0.329 e. The summed E-state index contributed by atoms with van der Waals surface area (Å²) >= 11 is 0. The highest BCUT2D eigenvalue weighted by atomic mass is 16.5. The predicted octanol–water partition coefficient (Wildman–Crippen LogP) is 3.92. The van der Waals surface area contributed by atoms with Crippen LogP contribution in [0.5, 0.6) is 5.75 Å². The molecule has 2 N–H and O–H groups in total. The van der Waals surface area contributed by atoms with Gasteiger partial charge in [-0.05, 0) is 31.5 Å². The lowest BCUT2D eigenvalue weighted by Crippen LogP contribution is -2.21. The number of unbranched alkanes of at least 4 members (excludes halogenated alkanes) is 3. The minimum Gasteiger partial charge on any atom is -0.508 e. The molecule has 1 unspecified atom stereocenters. The second-order valence-electron chi connectivity index (χ2n) is 6.33. The molecule has 0 aliphatic rings. The Morgan fingerprint density at radius 2 is 2.07 bits per heavy atom. The predicted molar refractivity (Wildman–Crippen MR) is 103 cm³/mol. The molecule has 2 aromatic rings. The fourth-order valence-electron chi connectivity index (χ4n) is 2.80. The quantitative estimate of drug-likeness (QED) is 0.486. The number of amides is 1. The maximum Gasteiger partial charge on any atom is 0.329 e. The molecule has 0 aliphatic heterocycles. The molecule has 0 fully saturated rings. The summed E-state index contributed by atoms with van der Waals surface area (Å²) in [5.41, 5.74) is 0.325. The number of phenols is 1. The van der Waals surface area contributed by atoms with Crippen molar-refractivity contribution in [3.63, 3.8) is 0 Å². The molecule has 1 atom stereocenters. The maximum atomic E-state index is 12.3. The number of nitrogens with one attached hydrogen (secondary N) is 1. The Labute approximate surface area is 159 Å². The molecule has 0 radical (unpaired) electrons. The normalized spacial score (nSPS) is 11.8. The van der Waals surface area contributed by atoms with Crippen molar-refractivity contribution in [1.82, 2.24) is 9.55 Å². The van der Waals surface area contributed by atoms with Crippen LogP contribution in [0.25, 0.3) is 0 Å². The first-order chi connectivity index (χ1) is 13.0. The number of phenolic OH excluding ortho intramolecular Hbond substituents is 1. The zero-order valence-electron chi connectivity index (χ0n) is 15.9. The van der Waals surface area contributed by atoms with Crippen molar-refractivity contribution in [3.05, 3.63) is 42.4 Å². The van der Waals surface area contributed by atoms with Gasteiger partial charge in [-0.1, -0.05) is 38.7 Å². The molecular formula is C20H27N3O4. The summed E-state index contributed by atoms with van der Waals surface area (Å²) in [6, 6.07) is 5.60. The number of carbonyl (C=O) groups excluding carboxylic acids is 2. The van der Waals surface area contributed by atoms with Crippen LogP contribution in [0, 0.1) is 0 Å². The number of hydrogen-bond donors (Lipinski definition) is 2. The molecule has 7 heteroatoms. The van der Waals surface area contributed by atoms with E-state index in [-0.39, 0.29) is 17.6 Å². The molecule has 146 valence electrons. The number of hydrogen-bond acceptors (Lipinski definition) is 5. The van der Waals surface area contributed by atoms with Gasteiger partial charge in [0.05, 0.1) is 12.9 Å². The molecule has 1 aromatic carbocycles. The number of nitrogens with zero attached hydrogens (tertiary/aromatic N) is 2. The van der Waals surface area contributed by atoms with Crippen molar-refractivity contribution in [1.29, 1.82) is 0 Å². The molecule has 1 heterocycles. The van der Waals surface area contributed by atoms with Gasteiger partial charge in [0, 0.05) is 11.8 Å². The van der Waals surface area contributed by atoms with Crippen molar-refractivity contribution in [2.75, 3.05) is 11.9 Å². The van der Waals surface area contributed by atoms with E-state index in [1.165, 1.54) is 18.5 Å². The lowest BCUT2D eigenvalue weighted by Gasteiger charge is -2.16. The van der Waals surface area contributed by atoms with Gasteiger partial charge in [-0.2, -0.15) is 0 Å². The zero-order valence-corrected chi connectivity index (χ0v) is 15.9. The van der Waals surface area contributed by atoms with Crippen molar-refractivity contribution in [2.45, 2.75) is 52.0 Å². The lowest BCUT2D eigenvalue weighted by molar-refractivity contribution is -0.147. The van der Waals surface area contributed by atoms with Gasteiger partial charge in [-0.25, -0.2) is 9.78 Å². The van der Waals surface area contributed by atoms with Gasteiger partial charge in [0.15, 0.2) is 5.82 Å². The van der Waals surface area contributed by atoms with Gasteiger partial charge in [-0.15, -0.1) is 0 Å². The number of carbonyl (C=O) groups is 2. The molecule has 0 aliphatic carbocycles. The fraction of sp³-hybridized carbons (Fsp3) is 0.450. The van der Waals surface area contributed by atoms with Crippen molar-refractivity contribution in [3.8, 4) is 5.75 Å². The van der Waals surface area contributed by atoms with Gasteiger partial charge in [0.2, 0.25) is 0 Å². The van der Waals surface area contributed by atoms with Crippen molar-refractivity contribution in [2.24, 2.45) is 0 Å². The summed E-state index contributed by atoms with van der Waals surface area (Å²) in [5.74, 6) is -0.321. The number of rotatable bonds is 10. The van der Waals surface area contributed by atoms with Crippen molar-refractivity contribution < 1.29 is 19.4 Å². The summed E-state index contributed by atoms with van der Waals surface area (Å²) in [5, 5.41) is 12.2. The van der Waals surface area contributed by atoms with Crippen LogP contribution in [0.3, 0.4) is 0 Å². The van der Waals surface area contributed by atoms with E-state index < -0.39 is 6.04 Å². The topological polar surface area (TPSA) is 93.5 Å². The molecule has 1 amide bonds. The summed E-state index contributed by atoms with van der Waals surface area (Å²) < 4.78 is 6.87. The van der Waals surface area contributed by atoms with Crippen LogP contribution in [0.4, 0.5) is 5.82 Å². The van der Waals surface area contributed by atoms with Crippen LogP contribution in [0.2, 0.25) is 0 Å². The van der Waals surface area contributed by atoms with E-state index in [4.69, 9.17) is 4.74 Å². The van der Waals surface area contributed by atoms with E-state index >= 15 is 0 Å². The molecule has 27 heavy (non-hydrogen) atoms. The monoisotopic (exact) mass is 373 g/mol. The number of esters is 1. The Morgan fingerprint density at radius 3 is 2.78 bits per heavy atom. The number of aromatic hydroxyl groups is 1. The van der Waals surface area contributed by atoms with Crippen LogP contribution >= 0.6 is 0 Å². The second kappa shape index (κ2) is 10.4. The first-order valence-electron chi connectivity index (χ1n) is 9.35. The first-order valence-corrected chi connectivity index (χ1v) is 9.35. The highest BCUT2D eigenvalue weighted by molar-refractivity contribution is 6.03. The molecule has 0 bridgehead atoms. The van der Waals surface area contributed by atoms with Crippen LogP contribution in [0.1, 0.15) is 62.4 Å². The average Bonchev–Trinajstić information content (AvgIpc) is 3.10. The summed E-state index contributed by atoms with van der Waals surface area (Å²) in [7, 11) is 0. The third kappa shape index (κ3) is 6.13. The van der Waals surface area contributed by atoms with E-state index in [1.807, 2.05) is 0 Å².